The van der Waals surface area contributed by atoms with E-state index in [0.29, 0.717) is 12.5 Å². The highest BCUT2D eigenvalue weighted by atomic mass is 35.5. The van der Waals surface area contributed by atoms with E-state index in [1.807, 2.05) is 11.9 Å². The lowest BCUT2D eigenvalue weighted by Crippen LogP contribution is -2.44. The topological polar surface area (TPSA) is 46.3 Å². The predicted octanol–water partition coefficient (Wildman–Crippen LogP) is 2.63. The molecule has 0 aromatic carbocycles. The van der Waals surface area contributed by atoms with Gasteiger partial charge in [-0.15, -0.1) is 24.2 Å². The molecule has 0 aromatic heterocycles. The molecule has 0 aromatic rings. The Morgan fingerprint density at radius 1 is 1.39 bits per heavy atom. The Kier molecular flexibility index (Phi) is 10.3. The van der Waals surface area contributed by atoms with Gasteiger partial charge < -0.3 is 10.6 Å². The van der Waals surface area contributed by atoms with Crippen molar-refractivity contribution in [1.82, 2.24) is 4.90 Å². The van der Waals surface area contributed by atoms with Crippen LogP contribution < -0.4 is 5.73 Å². The van der Waals surface area contributed by atoms with E-state index < -0.39 is 0 Å². The standard InChI is InChI=1S/C13H28N2OS.ClH/c1-7-17-11(10(2)3)12(16)15(6)9-13(4,5)8-14;/h10-11H,7-9,14H2,1-6H3;1H. The number of carbonyl (C=O) groups is 1. The zero-order valence-corrected chi connectivity index (χ0v) is 14.2. The van der Waals surface area contributed by atoms with Crippen LogP contribution >= 0.6 is 24.2 Å². The third-order valence-corrected chi connectivity index (χ3v) is 4.23. The number of amides is 1. The van der Waals surface area contributed by atoms with Crippen molar-refractivity contribution in [1.29, 1.82) is 0 Å². The van der Waals surface area contributed by atoms with Crippen molar-refractivity contribution in [3.8, 4) is 0 Å². The molecule has 0 aliphatic heterocycles. The molecule has 0 spiro atoms. The number of halogens is 1. The first-order valence-electron chi connectivity index (χ1n) is 6.31. The third-order valence-electron chi connectivity index (χ3n) is 2.79. The van der Waals surface area contributed by atoms with E-state index in [9.17, 15) is 4.79 Å². The molecule has 3 nitrogen and oxygen atoms in total. The summed E-state index contributed by atoms with van der Waals surface area (Å²) in [6.07, 6.45) is 0. The van der Waals surface area contributed by atoms with Gasteiger partial charge in [-0.3, -0.25) is 4.79 Å². The number of rotatable bonds is 7. The lowest BCUT2D eigenvalue weighted by molar-refractivity contribution is -0.131. The van der Waals surface area contributed by atoms with Crippen LogP contribution in [0.5, 0.6) is 0 Å². The van der Waals surface area contributed by atoms with Crippen molar-refractivity contribution in [3.05, 3.63) is 0 Å². The van der Waals surface area contributed by atoms with Crippen molar-refractivity contribution >= 4 is 30.1 Å². The molecule has 1 amide bonds. The molecular formula is C13H29ClN2OS. The van der Waals surface area contributed by atoms with Crippen LogP contribution in [-0.4, -0.2) is 41.9 Å². The van der Waals surface area contributed by atoms with E-state index >= 15 is 0 Å². The Morgan fingerprint density at radius 3 is 2.22 bits per heavy atom. The molecule has 0 aliphatic rings. The first kappa shape index (κ1) is 20.4. The second kappa shape index (κ2) is 9.05. The maximum absolute atomic E-state index is 12.3. The van der Waals surface area contributed by atoms with Gasteiger partial charge in [-0.1, -0.05) is 34.6 Å². The summed E-state index contributed by atoms with van der Waals surface area (Å²) in [5, 5.41) is 0.0681. The number of hydrogen-bond acceptors (Lipinski definition) is 3. The maximum Gasteiger partial charge on any atom is 0.235 e. The monoisotopic (exact) mass is 296 g/mol. The van der Waals surface area contributed by atoms with E-state index in [-0.39, 0.29) is 29.0 Å². The average Bonchev–Trinajstić information content (AvgIpc) is 2.24. The minimum atomic E-state index is -0.0111. The quantitative estimate of drug-likeness (QED) is 0.785. The summed E-state index contributed by atoms with van der Waals surface area (Å²) >= 11 is 1.73. The zero-order chi connectivity index (χ0) is 13.6. The highest BCUT2D eigenvalue weighted by molar-refractivity contribution is 8.00. The van der Waals surface area contributed by atoms with Crippen LogP contribution in [0.4, 0.5) is 0 Å². The van der Waals surface area contributed by atoms with Gasteiger partial charge in [0.2, 0.25) is 5.91 Å². The summed E-state index contributed by atoms with van der Waals surface area (Å²) in [4.78, 5) is 14.2. The van der Waals surface area contributed by atoms with Crippen molar-refractivity contribution in [2.24, 2.45) is 17.1 Å². The molecule has 0 saturated heterocycles. The van der Waals surface area contributed by atoms with Crippen LogP contribution in [-0.2, 0) is 4.79 Å². The maximum atomic E-state index is 12.3. The molecule has 1 atom stereocenters. The minimum absolute atomic E-state index is 0. The molecule has 0 radical (unpaired) electrons. The largest absolute Gasteiger partial charge is 0.344 e. The first-order valence-corrected chi connectivity index (χ1v) is 7.36. The van der Waals surface area contributed by atoms with Crippen LogP contribution in [0.25, 0.3) is 0 Å². The van der Waals surface area contributed by atoms with Gasteiger partial charge in [0.15, 0.2) is 0 Å². The van der Waals surface area contributed by atoms with Gasteiger partial charge in [-0.2, -0.15) is 0 Å². The summed E-state index contributed by atoms with van der Waals surface area (Å²) in [6.45, 7) is 11.8. The van der Waals surface area contributed by atoms with Gasteiger partial charge >= 0.3 is 0 Å². The number of thioether (sulfide) groups is 1. The summed E-state index contributed by atoms with van der Waals surface area (Å²) in [5.41, 5.74) is 5.70. The molecule has 0 aliphatic carbocycles. The molecule has 1 unspecified atom stereocenters. The average molecular weight is 297 g/mol. The summed E-state index contributed by atoms with van der Waals surface area (Å²) in [6, 6.07) is 0. The smallest absolute Gasteiger partial charge is 0.235 e. The fraction of sp³-hybridized carbons (Fsp3) is 0.923. The van der Waals surface area contributed by atoms with Gasteiger partial charge in [-0.25, -0.2) is 0 Å². The van der Waals surface area contributed by atoms with Crippen LogP contribution in [0.15, 0.2) is 0 Å². The number of nitrogens with two attached hydrogens (primary N) is 1. The highest BCUT2D eigenvalue weighted by Crippen LogP contribution is 2.23. The summed E-state index contributed by atoms with van der Waals surface area (Å²) in [5.74, 6) is 1.58. The van der Waals surface area contributed by atoms with Crippen LogP contribution in [0.3, 0.4) is 0 Å². The van der Waals surface area contributed by atoms with Gasteiger partial charge in [0, 0.05) is 13.6 Å². The Balaban J connectivity index is 0. The molecule has 2 N–H and O–H groups in total. The van der Waals surface area contributed by atoms with Crippen molar-refractivity contribution in [2.75, 3.05) is 25.9 Å². The molecule has 0 saturated carbocycles. The molecule has 0 rings (SSSR count). The molecule has 0 heterocycles. The van der Waals surface area contributed by atoms with Gasteiger partial charge in [0.1, 0.15) is 0 Å². The van der Waals surface area contributed by atoms with E-state index in [2.05, 4.69) is 34.6 Å². The van der Waals surface area contributed by atoms with Crippen molar-refractivity contribution < 1.29 is 4.79 Å². The fourth-order valence-corrected chi connectivity index (χ4v) is 2.80. The third kappa shape index (κ3) is 6.86. The van der Waals surface area contributed by atoms with E-state index in [0.717, 1.165) is 12.3 Å². The highest BCUT2D eigenvalue weighted by Gasteiger charge is 2.28. The Labute approximate surface area is 123 Å². The van der Waals surface area contributed by atoms with Gasteiger partial charge in [-0.05, 0) is 23.6 Å². The molecule has 0 fully saturated rings. The Hall–Kier alpha value is 0.0700. The summed E-state index contributed by atoms with van der Waals surface area (Å²) < 4.78 is 0. The number of carbonyl (C=O) groups excluding carboxylic acids is 1. The second-order valence-corrected chi connectivity index (χ2v) is 7.10. The normalized spacial score (nSPS) is 13.1. The van der Waals surface area contributed by atoms with E-state index in [1.54, 1.807) is 11.8 Å². The number of nitrogens with zero attached hydrogens (tertiary/aromatic N) is 1. The number of hydrogen-bond donors (Lipinski definition) is 1. The van der Waals surface area contributed by atoms with Gasteiger partial charge in [0.05, 0.1) is 5.25 Å². The van der Waals surface area contributed by atoms with Crippen LogP contribution in [0.2, 0.25) is 0 Å². The van der Waals surface area contributed by atoms with Crippen LogP contribution in [0.1, 0.15) is 34.6 Å². The van der Waals surface area contributed by atoms with E-state index in [1.165, 1.54) is 0 Å². The Bertz CT molecular complexity index is 247. The molecule has 0 bridgehead atoms. The van der Waals surface area contributed by atoms with Gasteiger partial charge in [0.25, 0.3) is 0 Å². The first-order chi connectivity index (χ1) is 7.75. The predicted molar refractivity (Wildman–Crippen MR) is 84.5 cm³/mol. The van der Waals surface area contributed by atoms with Crippen molar-refractivity contribution in [2.45, 2.75) is 39.9 Å². The molecular weight excluding hydrogens is 268 g/mol. The summed E-state index contributed by atoms with van der Waals surface area (Å²) in [7, 11) is 1.88. The van der Waals surface area contributed by atoms with E-state index in [4.69, 9.17) is 5.73 Å². The fourth-order valence-electron chi connectivity index (χ4n) is 1.73. The second-order valence-electron chi connectivity index (χ2n) is 5.68. The SMILES string of the molecule is CCSC(C(=O)N(C)CC(C)(C)CN)C(C)C.Cl. The van der Waals surface area contributed by atoms with Crippen LogP contribution in [0, 0.1) is 11.3 Å². The Morgan fingerprint density at radius 2 is 1.89 bits per heavy atom. The molecule has 110 valence electrons. The lowest BCUT2D eigenvalue weighted by atomic mass is 9.93. The minimum Gasteiger partial charge on any atom is -0.344 e. The van der Waals surface area contributed by atoms with Crippen molar-refractivity contribution in [3.63, 3.8) is 0 Å². The molecule has 5 heteroatoms. The zero-order valence-electron chi connectivity index (χ0n) is 12.5. The lowest BCUT2D eigenvalue weighted by Gasteiger charge is -2.32. The molecule has 18 heavy (non-hydrogen) atoms.